The molecule has 4 rings (SSSR count). The van der Waals surface area contributed by atoms with Gasteiger partial charge in [0.05, 0.1) is 10.3 Å². The number of carbonyl (C=O) groups excluding carboxylic acids is 3. The van der Waals surface area contributed by atoms with E-state index in [-0.39, 0.29) is 22.7 Å². The molecular weight excluding hydrogens is 442 g/mol. The Balaban J connectivity index is 1.48. The van der Waals surface area contributed by atoms with Crippen LogP contribution in [-0.2, 0) is 6.54 Å². The minimum atomic E-state index is -0.663. The third kappa shape index (κ3) is 4.65. The molecule has 0 saturated heterocycles. The number of aryl methyl sites for hydroxylation is 1. The van der Waals surface area contributed by atoms with E-state index in [1.165, 1.54) is 22.1 Å². The number of fused-ring (bicyclic) bond motifs is 1. The summed E-state index contributed by atoms with van der Waals surface area (Å²) in [6.45, 7) is 2.04. The van der Waals surface area contributed by atoms with Crippen LogP contribution >= 0.6 is 11.3 Å². The van der Waals surface area contributed by atoms with Gasteiger partial charge in [-0.2, -0.15) is 5.10 Å². The fourth-order valence-electron chi connectivity index (χ4n) is 3.20. The molecule has 0 spiro atoms. The zero-order valence-corrected chi connectivity index (χ0v) is 18.3. The van der Waals surface area contributed by atoms with Crippen molar-refractivity contribution in [3.8, 4) is 0 Å². The molecule has 0 atom stereocenters. The highest BCUT2D eigenvalue weighted by atomic mass is 32.1. The van der Waals surface area contributed by atoms with E-state index in [0.29, 0.717) is 27.9 Å². The fourth-order valence-corrected chi connectivity index (χ4v) is 3.82. The normalized spacial score (nSPS) is 10.6. The zero-order valence-electron chi connectivity index (χ0n) is 17.5. The van der Waals surface area contributed by atoms with Crippen LogP contribution in [0.3, 0.4) is 0 Å². The summed E-state index contributed by atoms with van der Waals surface area (Å²) < 4.78 is 1.19. The fraction of sp³-hybridized carbons (Fsp3) is 0.0870. The molecular formula is C23H19N5O4S. The van der Waals surface area contributed by atoms with Crippen molar-refractivity contribution in [2.24, 2.45) is 0 Å². The van der Waals surface area contributed by atoms with Gasteiger partial charge >= 0.3 is 0 Å². The molecule has 0 aliphatic heterocycles. The summed E-state index contributed by atoms with van der Waals surface area (Å²) in [5.74, 6) is -1.52. The van der Waals surface area contributed by atoms with Crippen molar-refractivity contribution in [3.63, 3.8) is 0 Å². The molecule has 10 heteroatoms. The Hall–Kier alpha value is -4.31. The number of carbonyl (C=O) groups is 3. The third-order valence-electron chi connectivity index (χ3n) is 4.80. The summed E-state index contributed by atoms with van der Waals surface area (Å²) in [6, 6.07) is 16.4. The van der Waals surface area contributed by atoms with Crippen LogP contribution < -0.4 is 21.7 Å². The molecule has 0 bridgehead atoms. The first-order valence-electron chi connectivity index (χ1n) is 10.0. The number of nitrogens with one attached hydrogen (secondary N) is 3. The number of benzene rings is 2. The Labute approximate surface area is 192 Å². The van der Waals surface area contributed by atoms with Gasteiger partial charge < -0.3 is 5.32 Å². The number of hydrogen-bond acceptors (Lipinski definition) is 6. The quantitative estimate of drug-likeness (QED) is 0.395. The average molecular weight is 462 g/mol. The van der Waals surface area contributed by atoms with Gasteiger partial charge in [0, 0.05) is 23.2 Å². The Morgan fingerprint density at radius 3 is 2.39 bits per heavy atom. The Bertz CT molecular complexity index is 1410. The second kappa shape index (κ2) is 9.45. The van der Waals surface area contributed by atoms with E-state index in [1.807, 2.05) is 0 Å². The lowest BCUT2D eigenvalue weighted by Gasteiger charge is -2.11. The van der Waals surface area contributed by atoms with Crippen molar-refractivity contribution >= 4 is 45.5 Å². The molecule has 0 fully saturated rings. The lowest BCUT2D eigenvalue weighted by Crippen LogP contribution is -2.42. The SMILES string of the molecule is CCn1nc(C(=O)NNC(=O)c2cccc(NC(=O)c3cccs3)c2)c2ccccc2c1=O. The third-order valence-corrected chi connectivity index (χ3v) is 5.67. The number of aromatic nitrogens is 2. The molecule has 3 amide bonds. The molecule has 0 unspecified atom stereocenters. The maximum absolute atomic E-state index is 12.8. The molecule has 4 aromatic rings. The molecule has 2 heterocycles. The Morgan fingerprint density at radius 2 is 1.67 bits per heavy atom. The molecule has 166 valence electrons. The van der Waals surface area contributed by atoms with Crippen molar-refractivity contribution in [3.05, 3.63) is 92.5 Å². The second-order valence-electron chi connectivity index (χ2n) is 6.94. The van der Waals surface area contributed by atoms with E-state index in [0.717, 1.165) is 0 Å². The van der Waals surface area contributed by atoms with Crippen LogP contribution in [0.5, 0.6) is 0 Å². The van der Waals surface area contributed by atoms with Crippen LogP contribution in [0.15, 0.2) is 70.8 Å². The smallest absolute Gasteiger partial charge is 0.290 e. The number of nitrogens with zero attached hydrogens (tertiary/aromatic N) is 2. The number of anilines is 1. The van der Waals surface area contributed by atoms with Gasteiger partial charge in [-0.15, -0.1) is 11.3 Å². The highest BCUT2D eigenvalue weighted by Crippen LogP contribution is 2.15. The van der Waals surface area contributed by atoms with Crippen LogP contribution in [-0.4, -0.2) is 27.5 Å². The number of hydrazine groups is 1. The standard InChI is InChI=1S/C23H19N5O4S/c1-2-28-23(32)17-10-4-3-9-16(17)19(27-28)22(31)26-25-20(29)14-7-5-8-15(13-14)24-21(30)18-11-6-12-33-18/h3-13H,2H2,1H3,(H,24,30)(H,25,29)(H,26,31). The van der Waals surface area contributed by atoms with E-state index in [2.05, 4.69) is 21.3 Å². The topological polar surface area (TPSA) is 122 Å². The van der Waals surface area contributed by atoms with E-state index in [9.17, 15) is 19.2 Å². The highest BCUT2D eigenvalue weighted by Gasteiger charge is 2.17. The van der Waals surface area contributed by atoms with E-state index < -0.39 is 11.8 Å². The second-order valence-corrected chi connectivity index (χ2v) is 7.88. The summed E-state index contributed by atoms with van der Waals surface area (Å²) in [7, 11) is 0. The first-order valence-corrected chi connectivity index (χ1v) is 10.9. The van der Waals surface area contributed by atoms with Crippen molar-refractivity contribution in [2.75, 3.05) is 5.32 Å². The van der Waals surface area contributed by atoms with Crippen molar-refractivity contribution in [1.82, 2.24) is 20.6 Å². The first kappa shape index (κ1) is 21.9. The van der Waals surface area contributed by atoms with Crippen LogP contribution in [0.2, 0.25) is 0 Å². The van der Waals surface area contributed by atoms with Gasteiger partial charge in [0.1, 0.15) is 0 Å². The number of hydrogen-bond donors (Lipinski definition) is 3. The summed E-state index contributed by atoms with van der Waals surface area (Å²) in [4.78, 5) is 50.5. The highest BCUT2D eigenvalue weighted by molar-refractivity contribution is 7.12. The van der Waals surface area contributed by atoms with Crippen molar-refractivity contribution < 1.29 is 14.4 Å². The van der Waals surface area contributed by atoms with Gasteiger partial charge in [-0.05, 0) is 42.6 Å². The average Bonchev–Trinajstić information content (AvgIpc) is 3.38. The Kier molecular flexibility index (Phi) is 6.27. The number of thiophene rings is 1. The molecule has 0 radical (unpaired) electrons. The predicted octanol–water partition coefficient (Wildman–Crippen LogP) is 2.81. The molecule has 0 aliphatic rings. The van der Waals surface area contributed by atoms with Crippen LogP contribution in [0.25, 0.3) is 10.8 Å². The van der Waals surface area contributed by atoms with Crippen LogP contribution in [0.4, 0.5) is 5.69 Å². The van der Waals surface area contributed by atoms with Gasteiger partial charge in [0.25, 0.3) is 23.3 Å². The minimum absolute atomic E-state index is 0.0179. The molecule has 0 saturated carbocycles. The maximum Gasteiger partial charge on any atom is 0.290 e. The van der Waals surface area contributed by atoms with Gasteiger partial charge in [-0.25, -0.2) is 4.68 Å². The monoisotopic (exact) mass is 461 g/mol. The van der Waals surface area contributed by atoms with E-state index >= 15 is 0 Å². The van der Waals surface area contributed by atoms with Gasteiger partial charge in [0.2, 0.25) is 0 Å². The molecule has 2 aromatic heterocycles. The summed E-state index contributed by atoms with van der Waals surface area (Å²) >= 11 is 1.31. The predicted molar refractivity (Wildman–Crippen MR) is 125 cm³/mol. The molecule has 2 aromatic carbocycles. The lowest BCUT2D eigenvalue weighted by molar-refractivity contribution is 0.0843. The largest absolute Gasteiger partial charge is 0.321 e. The lowest BCUT2D eigenvalue weighted by atomic mass is 10.1. The summed E-state index contributed by atoms with van der Waals surface area (Å²) in [6.07, 6.45) is 0. The minimum Gasteiger partial charge on any atom is -0.321 e. The molecule has 33 heavy (non-hydrogen) atoms. The summed E-state index contributed by atoms with van der Waals surface area (Å²) in [5.41, 5.74) is 5.08. The van der Waals surface area contributed by atoms with Gasteiger partial charge in [0.15, 0.2) is 5.69 Å². The number of amides is 3. The van der Waals surface area contributed by atoms with Gasteiger partial charge in [-0.1, -0.05) is 30.3 Å². The van der Waals surface area contributed by atoms with Crippen LogP contribution in [0, 0.1) is 0 Å². The molecule has 0 aliphatic carbocycles. The first-order chi connectivity index (χ1) is 16.0. The summed E-state index contributed by atoms with van der Waals surface area (Å²) in [5, 5.41) is 9.41. The van der Waals surface area contributed by atoms with Crippen molar-refractivity contribution in [2.45, 2.75) is 13.5 Å². The molecule has 3 N–H and O–H groups in total. The van der Waals surface area contributed by atoms with E-state index in [1.54, 1.807) is 66.9 Å². The van der Waals surface area contributed by atoms with Crippen LogP contribution in [0.1, 0.15) is 37.4 Å². The van der Waals surface area contributed by atoms with E-state index in [4.69, 9.17) is 0 Å². The van der Waals surface area contributed by atoms with Gasteiger partial charge in [-0.3, -0.25) is 30.0 Å². The molecule has 9 nitrogen and oxygen atoms in total. The van der Waals surface area contributed by atoms with Crippen molar-refractivity contribution in [1.29, 1.82) is 0 Å². The Morgan fingerprint density at radius 1 is 0.909 bits per heavy atom. The zero-order chi connectivity index (χ0) is 23.4. The number of rotatable bonds is 5. The maximum atomic E-state index is 12.8.